The summed E-state index contributed by atoms with van der Waals surface area (Å²) in [4.78, 5) is 43.3. The zero-order valence-electron chi connectivity index (χ0n) is 21.2. The van der Waals surface area contributed by atoms with Gasteiger partial charge in [0.25, 0.3) is 0 Å². The van der Waals surface area contributed by atoms with Gasteiger partial charge in [-0.2, -0.15) is 11.8 Å². The number of carbonyl (C=O) groups excluding carboxylic acids is 3. The zero-order chi connectivity index (χ0) is 25.8. The summed E-state index contributed by atoms with van der Waals surface area (Å²) in [6, 6.07) is 21.4. The molecule has 1 fully saturated rings. The summed E-state index contributed by atoms with van der Waals surface area (Å²) in [7, 11) is 0. The molecule has 188 valence electrons. The summed E-state index contributed by atoms with van der Waals surface area (Å²) in [6.07, 6.45) is 2.39. The van der Waals surface area contributed by atoms with Crippen LogP contribution in [0.3, 0.4) is 0 Å². The van der Waals surface area contributed by atoms with Crippen LogP contribution in [0, 0.1) is 25.7 Å². The molecule has 1 N–H and O–H groups in total. The van der Waals surface area contributed by atoms with Crippen molar-refractivity contribution in [3.8, 4) is 0 Å². The van der Waals surface area contributed by atoms with Crippen molar-refractivity contribution in [3.63, 3.8) is 0 Å². The van der Waals surface area contributed by atoms with Gasteiger partial charge in [-0.3, -0.25) is 19.3 Å². The van der Waals surface area contributed by atoms with Gasteiger partial charge in [0.2, 0.25) is 17.7 Å². The minimum Gasteiger partial charge on any atom is -0.324 e. The molecule has 37 heavy (non-hydrogen) atoms. The van der Waals surface area contributed by atoms with Crippen molar-refractivity contribution < 1.29 is 14.4 Å². The number of likely N-dealkylation sites (tertiary alicyclic amines) is 1. The molecule has 3 amide bonds. The standard InChI is InChI=1S/C31H30N2O3S/c1-17-12-13-23(18(2)16-17)32-29(34)24(14-15-37-3)33-30(35)27-25-19-8-4-5-9-20(19)26(28(27)31(33)36)22-11-7-6-10-21(22)25/h4-13,16,24-28H,14-15H2,1-3H3,(H,32,34). The van der Waals surface area contributed by atoms with Crippen LogP contribution in [0.1, 0.15) is 51.6 Å². The predicted octanol–water partition coefficient (Wildman–Crippen LogP) is 5.26. The third-order valence-electron chi connectivity index (χ3n) is 8.33. The summed E-state index contributed by atoms with van der Waals surface area (Å²) in [6.45, 7) is 3.96. The number of carbonyl (C=O) groups is 3. The van der Waals surface area contributed by atoms with Crippen LogP contribution in [-0.4, -0.2) is 40.7 Å². The molecule has 3 aliphatic carbocycles. The quantitative estimate of drug-likeness (QED) is 0.460. The second-order valence-electron chi connectivity index (χ2n) is 10.4. The summed E-state index contributed by atoms with van der Waals surface area (Å²) < 4.78 is 0. The van der Waals surface area contributed by atoms with Crippen molar-refractivity contribution in [2.45, 2.75) is 38.1 Å². The lowest BCUT2D eigenvalue weighted by Crippen LogP contribution is -2.48. The van der Waals surface area contributed by atoms with Gasteiger partial charge in [-0.15, -0.1) is 0 Å². The first-order valence-electron chi connectivity index (χ1n) is 12.8. The second kappa shape index (κ2) is 9.18. The smallest absolute Gasteiger partial charge is 0.247 e. The third kappa shape index (κ3) is 3.64. The average molecular weight is 511 g/mol. The van der Waals surface area contributed by atoms with Crippen molar-refractivity contribution in [1.29, 1.82) is 0 Å². The molecular weight excluding hydrogens is 480 g/mol. The van der Waals surface area contributed by atoms with E-state index >= 15 is 0 Å². The Balaban J connectivity index is 1.40. The van der Waals surface area contributed by atoms with E-state index in [0.717, 1.165) is 33.4 Å². The number of hydrogen-bond acceptors (Lipinski definition) is 4. The maximum atomic E-state index is 14.2. The predicted molar refractivity (Wildman–Crippen MR) is 147 cm³/mol. The Morgan fingerprint density at radius 2 is 1.38 bits per heavy atom. The van der Waals surface area contributed by atoms with E-state index in [1.54, 1.807) is 11.8 Å². The second-order valence-corrected chi connectivity index (χ2v) is 11.4. The van der Waals surface area contributed by atoms with Crippen LogP contribution in [-0.2, 0) is 14.4 Å². The van der Waals surface area contributed by atoms with Gasteiger partial charge in [-0.25, -0.2) is 0 Å². The minimum atomic E-state index is -0.843. The van der Waals surface area contributed by atoms with Crippen molar-refractivity contribution >= 4 is 35.2 Å². The highest BCUT2D eigenvalue weighted by atomic mass is 32.2. The normalized spacial score (nSPS) is 23.9. The fraction of sp³-hybridized carbons (Fsp3) is 0.323. The summed E-state index contributed by atoms with van der Waals surface area (Å²) in [5.41, 5.74) is 7.31. The first kappa shape index (κ1) is 24.0. The molecule has 6 heteroatoms. The Labute approximate surface area is 221 Å². The monoisotopic (exact) mass is 510 g/mol. The number of hydrogen-bond donors (Lipinski definition) is 1. The lowest BCUT2D eigenvalue weighted by Gasteiger charge is -2.45. The highest BCUT2D eigenvalue weighted by molar-refractivity contribution is 7.98. The molecule has 3 aromatic carbocycles. The lowest BCUT2D eigenvalue weighted by atomic mass is 9.55. The number of aryl methyl sites for hydroxylation is 2. The van der Waals surface area contributed by atoms with E-state index in [1.807, 2.05) is 62.6 Å². The molecule has 4 aliphatic rings. The summed E-state index contributed by atoms with van der Waals surface area (Å²) in [5.74, 6) is -1.36. The maximum absolute atomic E-state index is 14.2. The molecule has 3 aromatic rings. The van der Waals surface area contributed by atoms with Crippen LogP contribution >= 0.6 is 11.8 Å². The number of nitrogens with zero attached hydrogens (tertiary/aromatic N) is 1. The number of anilines is 1. The Hall–Kier alpha value is -3.38. The molecule has 5 nitrogen and oxygen atoms in total. The fourth-order valence-electron chi connectivity index (χ4n) is 6.78. The highest BCUT2D eigenvalue weighted by Gasteiger charge is 2.62. The van der Waals surface area contributed by atoms with Crippen molar-refractivity contribution in [1.82, 2.24) is 4.90 Å². The molecule has 0 spiro atoms. The van der Waals surface area contributed by atoms with Gasteiger partial charge in [0, 0.05) is 17.5 Å². The summed E-state index contributed by atoms with van der Waals surface area (Å²) >= 11 is 1.61. The van der Waals surface area contributed by atoms with Crippen LogP contribution < -0.4 is 5.32 Å². The Bertz CT molecular complexity index is 1320. The molecule has 0 aromatic heterocycles. The number of imide groups is 1. The number of benzene rings is 3. The van der Waals surface area contributed by atoms with Gasteiger partial charge in [0.1, 0.15) is 6.04 Å². The lowest BCUT2D eigenvalue weighted by molar-refractivity contribution is -0.146. The largest absolute Gasteiger partial charge is 0.324 e. The molecule has 1 aliphatic heterocycles. The van der Waals surface area contributed by atoms with E-state index in [-0.39, 0.29) is 29.6 Å². The van der Waals surface area contributed by atoms with Gasteiger partial charge in [-0.1, -0.05) is 66.2 Å². The molecule has 0 radical (unpaired) electrons. The zero-order valence-corrected chi connectivity index (χ0v) is 22.0. The Kier molecular flexibility index (Phi) is 5.95. The van der Waals surface area contributed by atoms with Gasteiger partial charge >= 0.3 is 0 Å². The average Bonchev–Trinajstić information content (AvgIpc) is 3.16. The van der Waals surface area contributed by atoms with Crippen LogP contribution in [0.2, 0.25) is 0 Å². The van der Waals surface area contributed by atoms with Crippen molar-refractivity contribution in [2.75, 3.05) is 17.3 Å². The van der Waals surface area contributed by atoms with Crippen LogP contribution in [0.4, 0.5) is 5.69 Å². The van der Waals surface area contributed by atoms with E-state index in [9.17, 15) is 14.4 Å². The first-order valence-corrected chi connectivity index (χ1v) is 14.2. The SMILES string of the molecule is CSCCC(C(=O)Nc1ccc(C)cc1C)N1C(=O)C2C3c4ccccc4C(c4ccccc43)C2C1=O. The van der Waals surface area contributed by atoms with Crippen LogP contribution in [0.25, 0.3) is 0 Å². The Morgan fingerprint density at radius 3 is 1.84 bits per heavy atom. The Morgan fingerprint density at radius 1 is 0.865 bits per heavy atom. The number of thioether (sulfide) groups is 1. The van der Waals surface area contributed by atoms with E-state index in [2.05, 4.69) is 29.6 Å². The minimum absolute atomic E-state index is 0.174. The fourth-order valence-corrected chi connectivity index (χ4v) is 7.24. The van der Waals surface area contributed by atoms with E-state index in [0.29, 0.717) is 17.9 Å². The number of amides is 3. The van der Waals surface area contributed by atoms with Crippen molar-refractivity contribution in [2.24, 2.45) is 11.8 Å². The van der Waals surface area contributed by atoms with E-state index < -0.39 is 17.9 Å². The van der Waals surface area contributed by atoms with Gasteiger partial charge in [0.15, 0.2) is 0 Å². The van der Waals surface area contributed by atoms with Gasteiger partial charge < -0.3 is 5.32 Å². The molecule has 3 unspecified atom stereocenters. The van der Waals surface area contributed by atoms with Crippen LogP contribution in [0.15, 0.2) is 66.7 Å². The molecular formula is C31H30N2O3S. The molecule has 3 atom stereocenters. The maximum Gasteiger partial charge on any atom is 0.247 e. The van der Waals surface area contributed by atoms with Gasteiger partial charge in [-0.05, 0) is 66.2 Å². The van der Waals surface area contributed by atoms with Crippen LogP contribution in [0.5, 0.6) is 0 Å². The molecule has 1 saturated heterocycles. The van der Waals surface area contributed by atoms with E-state index in [1.165, 1.54) is 4.90 Å². The molecule has 1 heterocycles. The van der Waals surface area contributed by atoms with Gasteiger partial charge in [0.05, 0.1) is 11.8 Å². The van der Waals surface area contributed by atoms with Crippen molar-refractivity contribution in [3.05, 3.63) is 100 Å². The molecule has 7 rings (SSSR count). The van der Waals surface area contributed by atoms with E-state index in [4.69, 9.17) is 0 Å². The summed E-state index contributed by atoms with van der Waals surface area (Å²) in [5, 5.41) is 3.02. The molecule has 2 bridgehead atoms. The number of nitrogens with one attached hydrogen (secondary N) is 1. The highest BCUT2D eigenvalue weighted by Crippen LogP contribution is 2.61. The topological polar surface area (TPSA) is 66.5 Å². The number of rotatable bonds is 6. The first-order chi connectivity index (χ1) is 17.9. The molecule has 0 saturated carbocycles. The third-order valence-corrected chi connectivity index (χ3v) is 8.98.